The van der Waals surface area contributed by atoms with Gasteiger partial charge in [-0.3, -0.25) is 15.0 Å². The summed E-state index contributed by atoms with van der Waals surface area (Å²) in [5.41, 5.74) is 6.51. The van der Waals surface area contributed by atoms with Crippen LogP contribution < -0.4 is 11.0 Å². The average molecular weight is 565 g/mol. The number of rotatable bonds is 6. The summed E-state index contributed by atoms with van der Waals surface area (Å²) in [5.74, 6) is -2.03. The van der Waals surface area contributed by atoms with Crippen molar-refractivity contribution in [2.75, 3.05) is 5.43 Å². The van der Waals surface area contributed by atoms with E-state index in [2.05, 4.69) is 15.6 Å². The van der Waals surface area contributed by atoms with E-state index in [0.717, 1.165) is 11.1 Å². The molecule has 0 saturated carbocycles. The van der Waals surface area contributed by atoms with E-state index in [9.17, 15) is 22.8 Å². The third kappa shape index (κ3) is 8.43. The number of hydrogen-bond donors (Lipinski definition) is 1. The van der Waals surface area contributed by atoms with Crippen molar-refractivity contribution >= 4 is 53.0 Å². The lowest BCUT2D eigenvalue weighted by atomic mass is 10.1. The van der Waals surface area contributed by atoms with Crippen LogP contribution in [0.25, 0.3) is 17.8 Å². The highest BCUT2D eigenvalue weighted by molar-refractivity contribution is 6.32. The van der Waals surface area contributed by atoms with E-state index in [4.69, 9.17) is 23.2 Å². The highest BCUT2D eigenvalue weighted by Crippen LogP contribution is 2.22. The van der Waals surface area contributed by atoms with Crippen LogP contribution >= 0.6 is 23.2 Å². The van der Waals surface area contributed by atoms with Gasteiger partial charge in [0, 0.05) is 15.6 Å². The van der Waals surface area contributed by atoms with Crippen LogP contribution in [0.1, 0.15) is 36.1 Å². The number of benzene rings is 2. The molecule has 3 aromatic rings. The Hall–Kier alpha value is -3.69. The number of anilines is 1. The first-order valence-electron chi connectivity index (χ1n) is 11.2. The molecule has 3 rings (SSSR count). The molecule has 11 heteroatoms. The smallest absolute Gasteiger partial charge is 0.283 e. The third-order valence-electron chi connectivity index (χ3n) is 5.04. The minimum absolute atomic E-state index is 0.103. The number of Topliss-reactive ketones (excluding diaryl/α,β-unsaturated/α-hetero) is 1. The molecule has 0 amide bonds. The average Bonchev–Trinajstić information content (AvgIpc) is 2.86. The molecule has 0 bridgehead atoms. The number of halogens is 5. The van der Waals surface area contributed by atoms with Crippen molar-refractivity contribution in [2.45, 2.75) is 33.9 Å². The lowest BCUT2D eigenvalue weighted by molar-refractivity contribution is -0.162. The van der Waals surface area contributed by atoms with Gasteiger partial charge in [0.05, 0.1) is 23.8 Å². The van der Waals surface area contributed by atoms with Crippen LogP contribution in [0.3, 0.4) is 0 Å². The molecule has 0 unspecified atom stereocenters. The number of carbonyl (C=O) groups excluding carboxylic acids is 1. The fraction of sp³-hybridized carbons (Fsp3) is 0.185. The molecular formula is C27H25Cl2F3N4O2. The number of hydrazone groups is 1. The largest absolute Gasteiger partial charge is 0.455 e. The zero-order chi connectivity index (χ0) is 28.5. The van der Waals surface area contributed by atoms with Crippen molar-refractivity contribution in [1.29, 1.82) is 0 Å². The summed E-state index contributed by atoms with van der Waals surface area (Å²) in [4.78, 5) is 22.7. The number of nitrogens with zero attached hydrogens (tertiary/aromatic N) is 3. The van der Waals surface area contributed by atoms with Gasteiger partial charge in [-0.1, -0.05) is 47.5 Å². The van der Waals surface area contributed by atoms with Crippen LogP contribution in [0.5, 0.6) is 0 Å². The highest BCUT2D eigenvalue weighted by atomic mass is 35.5. The Morgan fingerprint density at radius 3 is 2.16 bits per heavy atom. The molecule has 0 fully saturated rings. The molecule has 1 N–H and O–H groups in total. The predicted molar refractivity (Wildman–Crippen MR) is 148 cm³/mol. The Balaban J connectivity index is 0.000000267. The lowest BCUT2D eigenvalue weighted by Gasteiger charge is -2.08. The highest BCUT2D eigenvalue weighted by Gasteiger charge is 2.36. The van der Waals surface area contributed by atoms with Crippen molar-refractivity contribution in [3.63, 3.8) is 0 Å². The van der Waals surface area contributed by atoms with Crippen LogP contribution in [0, 0.1) is 13.8 Å². The normalized spacial score (nSPS) is 11.7. The Morgan fingerprint density at radius 1 is 1.00 bits per heavy atom. The molecule has 38 heavy (non-hydrogen) atoms. The zero-order valence-corrected chi connectivity index (χ0v) is 22.5. The lowest BCUT2D eigenvalue weighted by Crippen LogP contribution is -2.24. The number of aromatic nitrogens is 2. The molecule has 6 nitrogen and oxygen atoms in total. The van der Waals surface area contributed by atoms with E-state index >= 15 is 0 Å². The van der Waals surface area contributed by atoms with Crippen molar-refractivity contribution in [2.24, 2.45) is 5.10 Å². The van der Waals surface area contributed by atoms with E-state index in [1.165, 1.54) is 10.7 Å². The quantitative estimate of drug-likeness (QED) is 0.249. The van der Waals surface area contributed by atoms with Gasteiger partial charge in [-0.2, -0.15) is 28.1 Å². The molecule has 0 saturated heterocycles. The topological polar surface area (TPSA) is 76.3 Å². The molecule has 2 aromatic carbocycles. The maximum absolute atomic E-state index is 12.2. The van der Waals surface area contributed by atoms with Crippen LogP contribution in [0.4, 0.5) is 18.9 Å². The molecule has 0 aliphatic rings. The number of hydrogen-bond acceptors (Lipinski definition) is 5. The fourth-order valence-electron chi connectivity index (χ4n) is 2.93. The van der Waals surface area contributed by atoms with Crippen molar-refractivity contribution < 1.29 is 18.0 Å². The van der Waals surface area contributed by atoms with Gasteiger partial charge >= 0.3 is 6.18 Å². The van der Waals surface area contributed by atoms with Crippen molar-refractivity contribution in [3.05, 3.63) is 97.4 Å². The van der Waals surface area contributed by atoms with E-state index in [1.54, 1.807) is 56.5 Å². The summed E-state index contributed by atoms with van der Waals surface area (Å²) in [6, 6.07) is 10.1. The maximum atomic E-state index is 12.2. The second kappa shape index (κ2) is 13.7. The van der Waals surface area contributed by atoms with Gasteiger partial charge in [-0.25, -0.2) is 0 Å². The SMILES string of the molecule is C/C=C/c1cc(-n2ncc(C)c(C)c2=O)ccc1Cl.C/C=C/c1cc(N/N=C/C(=O)C(F)(F)F)ccc1Cl. The minimum atomic E-state index is -4.92. The summed E-state index contributed by atoms with van der Waals surface area (Å²) in [6.07, 6.45) is 4.27. The summed E-state index contributed by atoms with van der Waals surface area (Å²) in [5, 5.41) is 8.55. The number of nitrogens with one attached hydrogen (secondary N) is 1. The number of ketones is 1. The summed E-state index contributed by atoms with van der Waals surface area (Å²) in [7, 11) is 0. The number of alkyl halides is 3. The Labute approximate surface area is 228 Å². The molecule has 0 atom stereocenters. The minimum Gasteiger partial charge on any atom is -0.283 e. The van der Waals surface area contributed by atoms with Crippen LogP contribution in [-0.4, -0.2) is 28.0 Å². The Morgan fingerprint density at radius 2 is 1.58 bits per heavy atom. The summed E-state index contributed by atoms with van der Waals surface area (Å²) in [6.45, 7) is 7.40. The summed E-state index contributed by atoms with van der Waals surface area (Å²) < 4.78 is 37.1. The zero-order valence-electron chi connectivity index (χ0n) is 21.0. The van der Waals surface area contributed by atoms with Crippen LogP contribution in [0.15, 0.2) is 64.6 Å². The third-order valence-corrected chi connectivity index (χ3v) is 5.73. The fourth-order valence-corrected chi connectivity index (χ4v) is 3.30. The molecule has 1 heterocycles. The van der Waals surface area contributed by atoms with E-state index in [1.807, 2.05) is 32.1 Å². The Kier molecular flexibility index (Phi) is 11.0. The van der Waals surface area contributed by atoms with Gasteiger partial charge < -0.3 is 0 Å². The standard InChI is InChI=1S/C15H15ClN2O.C12H10ClF3N2O/c1-4-5-12-8-13(6-7-14(12)16)18-15(19)11(3)10(2)9-17-18;1-2-3-8-6-9(4-5-10(8)13)18-17-7-11(19)12(14,15)16/h4-9H,1-3H3;2-7,18H,1H3/b5-4+;3-2+,17-7+. The van der Waals surface area contributed by atoms with Crippen LogP contribution in [-0.2, 0) is 4.79 Å². The molecule has 1 aromatic heterocycles. The van der Waals surface area contributed by atoms with Crippen LogP contribution in [0.2, 0.25) is 10.0 Å². The number of aryl methyl sites for hydroxylation is 1. The van der Waals surface area contributed by atoms with Crippen molar-refractivity contribution in [3.8, 4) is 5.69 Å². The molecule has 0 aliphatic carbocycles. The van der Waals surface area contributed by atoms with Gasteiger partial charge in [0.1, 0.15) is 0 Å². The molecule has 0 aliphatic heterocycles. The summed E-state index contributed by atoms with van der Waals surface area (Å²) >= 11 is 12.0. The number of allylic oxidation sites excluding steroid dienone is 2. The molecule has 200 valence electrons. The first kappa shape index (κ1) is 30.5. The monoisotopic (exact) mass is 564 g/mol. The van der Waals surface area contributed by atoms with Gasteiger partial charge in [-0.15, -0.1) is 0 Å². The molecular weight excluding hydrogens is 540 g/mol. The van der Waals surface area contributed by atoms with Gasteiger partial charge in [-0.05, 0) is 80.8 Å². The van der Waals surface area contributed by atoms with Gasteiger partial charge in [0.2, 0.25) is 0 Å². The van der Waals surface area contributed by atoms with E-state index in [-0.39, 0.29) is 11.8 Å². The first-order valence-corrected chi connectivity index (χ1v) is 11.9. The first-order chi connectivity index (χ1) is 17.9. The Bertz CT molecular complexity index is 1450. The second-order valence-corrected chi connectivity index (χ2v) is 8.66. The van der Waals surface area contributed by atoms with E-state index in [0.29, 0.717) is 32.5 Å². The molecule has 0 spiro atoms. The van der Waals surface area contributed by atoms with E-state index < -0.39 is 12.0 Å². The maximum Gasteiger partial charge on any atom is 0.455 e. The molecule has 0 radical (unpaired) electrons. The predicted octanol–water partition coefficient (Wildman–Crippen LogP) is 7.44. The number of carbonyl (C=O) groups is 1. The second-order valence-electron chi connectivity index (χ2n) is 7.84. The van der Waals surface area contributed by atoms with Gasteiger partial charge in [0.15, 0.2) is 0 Å². The van der Waals surface area contributed by atoms with Gasteiger partial charge in [0.25, 0.3) is 11.3 Å². The van der Waals surface area contributed by atoms with Crippen molar-refractivity contribution in [1.82, 2.24) is 9.78 Å².